The molecule has 0 bridgehead atoms. The van der Waals surface area contributed by atoms with Gasteiger partial charge in [0.2, 0.25) is 0 Å². The van der Waals surface area contributed by atoms with Crippen LogP contribution in [0.4, 0.5) is 22.0 Å². The molecular formula is C9H5F5N2O2. The zero-order chi connectivity index (χ0) is 13.9. The molecule has 1 N–H and O–H groups in total. The van der Waals surface area contributed by atoms with Gasteiger partial charge in [0.05, 0.1) is 18.2 Å². The van der Waals surface area contributed by atoms with Crippen LogP contribution < -0.4 is 10.3 Å². The van der Waals surface area contributed by atoms with E-state index >= 15 is 0 Å². The van der Waals surface area contributed by atoms with E-state index in [-0.39, 0.29) is 0 Å². The van der Waals surface area contributed by atoms with Crippen molar-refractivity contribution in [2.24, 2.45) is 0 Å². The molecule has 0 atom stereocenters. The molecule has 0 saturated carbocycles. The molecule has 0 aromatic carbocycles. The minimum absolute atomic E-state index is 0.425. The number of nitrogens with one attached hydrogen (secondary N) is 1. The van der Waals surface area contributed by atoms with Crippen LogP contribution in [0.15, 0.2) is 10.9 Å². The monoisotopic (exact) mass is 268 g/mol. The smallest absolute Gasteiger partial charge is 0.400 e. The molecule has 18 heavy (non-hydrogen) atoms. The molecule has 9 heteroatoms. The summed E-state index contributed by atoms with van der Waals surface area (Å²) in [5.74, 6) is -1.18. The maximum absolute atomic E-state index is 12.5. The molecule has 1 aromatic heterocycles. The van der Waals surface area contributed by atoms with Crippen molar-refractivity contribution in [3.8, 4) is 11.8 Å². The van der Waals surface area contributed by atoms with Gasteiger partial charge in [-0.1, -0.05) is 0 Å². The minimum atomic E-state index is -5.12. The van der Waals surface area contributed by atoms with Crippen molar-refractivity contribution >= 4 is 0 Å². The molecule has 0 fully saturated rings. The number of rotatable bonds is 3. The number of pyridine rings is 1. The number of hydrogen-bond donors (Lipinski definition) is 1. The highest BCUT2D eigenvalue weighted by Crippen LogP contribution is 2.25. The number of H-pyrrole nitrogens is 1. The molecule has 1 heterocycles. The zero-order valence-electron chi connectivity index (χ0n) is 8.52. The second-order valence-corrected chi connectivity index (χ2v) is 3.09. The van der Waals surface area contributed by atoms with Crippen LogP contribution >= 0.6 is 0 Å². The third kappa shape index (κ3) is 3.44. The van der Waals surface area contributed by atoms with Gasteiger partial charge in [-0.3, -0.25) is 4.79 Å². The number of hydrogen-bond acceptors (Lipinski definition) is 3. The summed E-state index contributed by atoms with van der Waals surface area (Å²) in [6.07, 6.45) is -8.81. The molecule has 98 valence electrons. The van der Waals surface area contributed by atoms with Gasteiger partial charge in [-0.2, -0.15) is 5.26 Å². The number of aromatic amines is 1. The fourth-order valence-corrected chi connectivity index (χ4v) is 1.19. The van der Waals surface area contributed by atoms with Gasteiger partial charge in [-0.05, 0) is 11.6 Å². The van der Waals surface area contributed by atoms with Crippen molar-refractivity contribution in [1.82, 2.24) is 4.98 Å². The molecule has 0 spiro atoms. The quantitative estimate of drug-likeness (QED) is 0.855. The van der Waals surface area contributed by atoms with Gasteiger partial charge >= 0.3 is 6.36 Å². The van der Waals surface area contributed by atoms with Crippen LogP contribution in [0, 0.1) is 11.3 Å². The number of halogens is 5. The SMILES string of the molecule is N#CCc1cc(OC(F)(F)F)c(=O)[nH]c1C(F)F. The van der Waals surface area contributed by atoms with E-state index < -0.39 is 41.8 Å². The van der Waals surface area contributed by atoms with E-state index in [4.69, 9.17) is 5.26 Å². The van der Waals surface area contributed by atoms with Crippen LogP contribution in [-0.4, -0.2) is 11.3 Å². The fraction of sp³-hybridized carbons (Fsp3) is 0.333. The van der Waals surface area contributed by atoms with Crippen LogP contribution in [0.3, 0.4) is 0 Å². The first-order chi connectivity index (χ1) is 8.24. The predicted octanol–water partition coefficient (Wildman–Crippen LogP) is 2.28. The highest BCUT2D eigenvalue weighted by molar-refractivity contribution is 5.32. The maximum Gasteiger partial charge on any atom is 0.573 e. The minimum Gasteiger partial charge on any atom is -0.400 e. The molecule has 1 rings (SSSR count). The first kappa shape index (κ1) is 14.0. The molecular weight excluding hydrogens is 263 g/mol. The topological polar surface area (TPSA) is 65.9 Å². The molecule has 0 radical (unpaired) electrons. The Hall–Kier alpha value is -2.11. The molecule has 0 aliphatic carbocycles. The van der Waals surface area contributed by atoms with Crippen molar-refractivity contribution in [2.75, 3.05) is 0 Å². The Kier molecular flexibility index (Phi) is 3.90. The Bertz CT molecular complexity index is 529. The molecule has 4 nitrogen and oxygen atoms in total. The number of alkyl halides is 5. The van der Waals surface area contributed by atoms with Gasteiger partial charge in [0.1, 0.15) is 0 Å². The van der Waals surface area contributed by atoms with E-state index in [2.05, 4.69) is 4.74 Å². The second kappa shape index (κ2) is 5.03. The average Bonchev–Trinajstić information content (AvgIpc) is 2.20. The molecule has 1 aromatic rings. The van der Waals surface area contributed by atoms with Crippen molar-refractivity contribution < 1.29 is 26.7 Å². The summed E-state index contributed by atoms with van der Waals surface area (Å²) in [5, 5.41) is 8.37. The zero-order valence-corrected chi connectivity index (χ0v) is 8.52. The number of nitriles is 1. The van der Waals surface area contributed by atoms with Crippen LogP contribution in [-0.2, 0) is 6.42 Å². The van der Waals surface area contributed by atoms with Gasteiger partial charge in [0, 0.05) is 0 Å². The Morgan fingerprint density at radius 1 is 1.44 bits per heavy atom. The summed E-state index contributed by atoms with van der Waals surface area (Å²) in [6, 6.07) is 1.98. The Balaban J connectivity index is 3.28. The lowest BCUT2D eigenvalue weighted by atomic mass is 10.1. The lowest BCUT2D eigenvalue weighted by molar-refractivity contribution is -0.275. The highest BCUT2D eigenvalue weighted by atomic mass is 19.4. The van der Waals surface area contributed by atoms with Crippen molar-refractivity contribution in [2.45, 2.75) is 19.2 Å². The largest absolute Gasteiger partial charge is 0.573 e. The third-order valence-corrected chi connectivity index (χ3v) is 1.84. The maximum atomic E-state index is 12.5. The molecule has 0 aliphatic rings. The van der Waals surface area contributed by atoms with E-state index in [1.165, 1.54) is 6.07 Å². The van der Waals surface area contributed by atoms with E-state index in [1.54, 1.807) is 4.98 Å². The normalized spacial score (nSPS) is 11.4. The second-order valence-electron chi connectivity index (χ2n) is 3.09. The predicted molar refractivity (Wildman–Crippen MR) is 48.0 cm³/mol. The molecule has 0 saturated heterocycles. The third-order valence-electron chi connectivity index (χ3n) is 1.84. The summed E-state index contributed by atoms with van der Waals surface area (Å²) < 4.78 is 64.0. The first-order valence-corrected chi connectivity index (χ1v) is 4.41. The Morgan fingerprint density at radius 3 is 2.50 bits per heavy atom. The van der Waals surface area contributed by atoms with E-state index in [9.17, 15) is 26.7 Å². The Morgan fingerprint density at radius 2 is 2.06 bits per heavy atom. The van der Waals surface area contributed by atoms with Gasteiger partial charge in [0.15, 0.2) is 5.75 Å². The summed E-state index contributed by atoms with van der Waals surface area (Å²) in [6.45, 7) is 0. The summed E-state index contributed by atoms with van der Waals surface area (Å²) in [7, 11) is 0. The molecule has 0 amide bonds. The number of ether oxygens (including phenoxy) is 1. The summed E-state index contributed by atoms with van der Waals surface area (Å²) >= 11 is 0. The van der Waals surface area contributed by atoms with E-state index in [0.29, 0.717) is 6.07 Å². The van der Waals surface area contributed by atoms with Crippen LogP contribution in [0.25, 0.3) is 0 Å². The van der Waals surface area contributed by atoms with Crippen molar-refractivity contribution in [1.29, 1.82) is 5.26 Å². The average molecular weight is 268 g/mol. The first-order valence-electron chi connectivity index (χ1n) is 4.41. The van der Waals surface area contributed by atoms with Gasteiger partial charge in [0.25, 0.3) is 12.0 Å². The lowest BCUT2D eigenvalue weighted by Crippen LogP contribution is -2.24. The highest BCUT2D eigenvalue weighted by Gasteiger charge is 2.33. The van der Waals surface area contributed by atoms with E-state index in [1.807, 2.05) is 0 Å². The van der Waals surface area contributed by atoms with Crippen molar-refractivity contribution in [3.63, 3.8) is 0 Å². The van der Waals surface area contributed by atoms with Crippen LogP contribution in [0.2, 0.25) is 0 Å². The summed E-state index contributed by atoms with van der Waals surface area (Å²) in [4.78, 5) is 12.7. The molecule has 0 unspecified atom stereocenters. The number of aromatic nitrogens is 1. The lowest BCUT2D eigenvalue weighted by Gasteiger charge is -2.11. The fourth-order valence-electron chi connectivity index (χ4n) is 1.19. The van der Waals surface area contributed by atoms with Crippen LogP contribution in [0.1, 0.15) is 17.7 Å². The molecule has 0 aliphatic heterocycles. The van der Waals surface area contributed by atoms with Gasteiger partial charge in [-0.25, -0.2) is 8.78 Å². The van der Waals surface area contributed by atoms with Crippen molar-refractivity contribution in [3.05, 3.63) is 27.7 Å². The summed E-state index contributed by atoms with van der Waals surface area (Å²) in [5.41, 5.74) is -2.76. The standard InChI is InChI=1S/C9H5F5N2O2/c10-7(11)6-4(1-2-15)3-5(8(17)16-6)18-9(12,13)14/h3,7H,1H2,(H,16,17). The van der Waals surface area contributed by atoms with Crippen LogP contribution in [0.5, 0.6) is 5.75 Å². The Labute approximate surface area is 96.6 Å². The van der Waals surface area contributed by atoms with E-state index in [0.717, 1.165) is 0 Å². The van der Waals surface area contributed by atoms with Gasteiger partial charge in [-0.15, -0.1) is 13.2 Å². The number of nitrogens with zero attached hydrogens (tertiary/aromatic N) is 1. The van der Waals surface area contributed by atoms with Gasteiger partial charge < -0.3 is 9.72 Å².